The van der Waals surface area contributed by atoms with Crippen molar-refractivity contribution in [2.75, 3.05) is 6.54 Å². The zero-order valence-electron chi connectivity index (χ0n) is 13.8. The maximum absolute atomic E-state index is 13.6. The number of nitrogens with one attached hydrogen (secondary N) is 1. The van der Waals surface area contributed by atoms with Crippen LogP contribution in [0.4, 0.5) is 17.6 Å². The quantitative estimate of drug-likeness (QED) is 0.694. The lowest BCUT2D eigenvalue weighted by molar-refractivity contribution is -0.274. The van der Waals surface area contributed by atoms with Crippen molar-refractivity contribution in [2.45, 2.75) is 24.6 Å². The van der Waals surface area contributed by atoms with Crippen LogP contribution in [0.3, 0.4) is 0 Å². The third kappa shape index (κ3) is 4.31. The van der Waals surface area contributed by atoms with Gasteiger partial charge in [-0.1, -0.05) is 18.2 Å². The molecule has 2 aromatic rings. The first-order valence-corrected chi connectivity index (χ1v) is 8.78. The SMILES string of the molecule is OC(c1ccc(OC(F)(F)F)cc1)(c1ccc(F)c(Br)c1)C1N=CCCN1. The molecular formula is C18H15BrF4N2O2. The summed E-state index contributed by atoms with van der Waals surface area (Å²) in [6.45, 7) is 0.564. The number of aliphatic imine (C=N–C) groups is 1. The molecule has 0 bridgehead atoms. The average Bonchev–Trinajstić information content (AvgIpc) is 2.63. The number of hydrogen-bond donors (Lipinski definition) is 2. The highest BCUT2D eigenvalue weighted by Gasteiger charge is 2.41. The first-order valence-electron chi connectivity index (χ1n) is 7.99. The van der Waals surface area contributed by atoms with Crippen LogP contribution in [-0.4, -0.2) is 30.4 Å². The summed E-state index contributed by atoms with van der Waals surface area (Å²) in [7, 11) is 0. The lowest BCUT2D eigenvalue weighted by Crippen LogP contribution is -2.50. The van der Waals surface area contributed by atoms with Crippen LogP contribution in [0.5, 0.6) is 5.75 Å². The normalized spacial score (nSPS) is 19.6. The van der Waals surface area contributed by atoms with Crippen molar-refractivity contribution < 1.29 is 27.4 Å². The number of rotatable bonds is 4. The molecule has 0 aromatic heterocycles. The number of alkyl halides is 3. The van der Waals surface area contributed by atoms with E-state index in [1.54, 1.807) is 6.21 Å². The van der Waals surface area contributed by atoms with Crippen molar-refractivity contribution in [3.05, 3.63) is 63.9 Å². The van der Waals surface area contributed by atoms with E-state index in [2.05, 4.69) is 31.0 Å². The van der Waals surface area contributed by atoms with Crippen LogP contribution in [0.1, 0.15) is 17.5 Å². The molecule has 1 aliphatic heterocycles. The van der Waals surface area contributed by atoms with E-state index < -0.39 is 29.7 Å². The predicted octanol–water partition coefficient (Wildman–Crippen LogP) is 4.11. The summed E-state index contributed by atoms with van der Waals surface area (Å²) in [5.74, 6) is -0.913. The fourth-order valence-electron chi connectivity index (χ4n) is 2.90. The van der Waals surface area contributed by atoms with Gasteiger partial charge in [0.15, 0.2) is 0 Å². The molecule has 0 saturated carbocycles. The maximum atomic E-state index is 13.6. The molecule has 0 amide bonds. The topological polar surface area (TPSA) is 53.9 Å². The summed E-state index contributed by atoms with van der Waals surface area (Å²) >= 11 is 3.09. The molecule has 2 N–H and O–H groups in total. The van der Waals surface area contributed by atoms with E-state index in [9.17, 15) is 22.7 Å². The fraction of sp³-hybridized carbons (Fsp3) is 0.278. The van der Waals surface area contributed by atoms with Crippen molar-refractivity contribution in [2.24, 2.45) is 4.99 Å². The molecule has 0 radical (unpaired) electrons. The van der Waals surface area contributed by atoms with Crippen LogP contribution < -0.4 is 10.1 Å². The van der Waals surface area contributed by atoms with Gasteiger partial charge in [-0.3, -0.25) is 10.3 Å². The number of hydrogen-bond acceptors (Lipinski definition) is 4. The van der Waals surface area contributed by atoms with Gasteiger partial charge in [0, 0.05) is 12.8 Å². The van der Waals surface area contributed by atoms with Crippen molar-refractivity contribution in [3.63, 3.8) is 0 Å². The van der Waals surface area contributed by atoms with Crippen molar-refractivity contribution in [3.8, 4) is 5.75 Å². The Hall–Kier alpha value is -1.97. The fourth-order valence-corrected chi connectivity index (χ4v) is 3.28. The average molecular weight is 447 g/mol. The third-order valence-corrected chi connectivity index (χ3v) is 4.76. The van der Waals surface area contributed by atoms with Gasteiger partial charge in [-0.15, -0.1) is 13.2 Å². The first kappa shape index (κ1) is 19.8. The molecule has 2 aromatic carbocycles. The molecule has 0 aliphatic carbocycles. The first-order chi connectivity index (χ1) is 12.7. The Kier molecular flexibility index (Phi) is 5.55. The molecule has 2 atom stereocenters. The van der Waals surface area contributed by atoms with Gasteiger partial charge in [0.1, 0.15) is 23.3 Å². The number of ether oxygens (including phenoxy) is 1. The van der Waals surface area contributed by atoms with Gasteiger partial charge in [-0.2, -0.15) is 0 Å². The van der Waals surface area contributed by atoms with Crippen molar-refractivity contribution in [1.82, 2.24) is 5.32 Å². The monoisotopic (exact) mass is 446 g/mol. The van der Waals surface area contributed by atoms with E-state index in [0.717, 1.165) is 12.1 Å². The zero-order chi connectivity index (χ0) is 19.7. The van der Waals surface area contributed by atoms with Crippen LogP contribution in [-0.2, 0) is 5.60 Å². The van der Waals surface area contributed by atoms with Gasteiger partial charge in [-0.05, 0) is 57.7 Å². The Balaban J connectivity index is 2.05. The molecule has 1 aliphatic rings. The highest BCUT2D eigenvalue weighted by molar-refractivity contribution is 9.10. The minimum Gasteiger partial charge on any atom is -0.406 e. The summed E-state index contributed by atoms with van der Waals surface area (Å²) in [5.41, 5.74) is -1.12. The molecule has 1 heterocycles. The number of nitrogens with zero attached hydrogens (tertiary/aromatic N) is 1. The third-order valence-electron chi connectivity index (χ3n) is 4.15. The lowest BCUT2D eigenvalue weighted by atomic mass is 9.83. The molecule has 3 rings (SSSR count). The molecule has 0 fully saturated rings. The van der Waals surface area contributed by atoms with Crippen LogP contribution in [0.2, 0.25) is 0 Å². The van der Waals surface area contributed by atoms with Crippen LogP contribution in [0.15, 0.2) is 51.9 Å². The number of benzene rings is 2. The van der Waals surface area contributed by atoms with Crippen LogP contribution in [0, 0.1) is 5.82 Å². The van der Waals surface area contributed by atoms with E-state index in [0.29, 0.717) is 18.5 Å². The van der Waals surface area contributed by atoms with Gasteiger partial charge in [0.25, 0.3) is 0 Å². The molecule has 0 spiro atoms. The Morgan fingerprint density at radius 2 is 1.78 bits per heavy atom. The van der Waals surface area contributed by atoms with E-state index in [1.165, 1.54) is 30.3 Å². The minimum absolute atomic E-state index is 0.148. The van der Waals surface area contributed by atoms with Gasteiger partial charge in [-0.25, -0.2) is 4.39 Å². The Labute approximate surface area is 161 Å². The van der Waals surface area contributed by atoms with Gasteiger partial charge < -0.3 is 9.84 Å². The highest BCUT2D eigenvalue weighted by Crippen LogP contribution is 2.37. The van der Waals surface area contributed by atoms with Gasteiger partial charge in [0.05, 0.1) is 4.47 Å². The molecule has 4 nitrogen and oxygen atoms in total. The Bertz CT molecular complexity index is 842. The number of aliphatic hydroxyl groups is 1. The second kappa shape index (κ2) is 7.57. The summed E-state index contributed by atoms with van der Waals surface area (Å²) < 4.78 is 54.8. The highest BCUT2D eigenvalue weighted by atomic mass is 79.9. The second-order valence-electron chi connectivity index (χ2n) is 5.94. The minimum atomic E-state index is -4.81. The van der Waals surface area contributed by atoms with Gasteiger partial charge in [0.2, 0.25) is 0 Å². The largest absolute Gasteiger partial charge is 0.573 e. The standard InChI is InChI=1S/C18H15BrF4N2O2/c19-14-10-12(4-7-15(14)20)17(26,16-24-8-1-9-25-16)11-2-5-13(6-3-11)27-18(21,22)23/h2-8,10,16,25-26H,1,9H2. The molecule has 2 unspecified atom stereocenters. The maximum Gasteiger partial charge on any atom is 0.573 e. The molecule has 144 valence electrons. The molecule has 0 saturated heterocycles. The van der Waals surface area contributed by atoms with E-state index >= 15 is 0 Å². The summed E-state index contributed by atoms with van der Waals surface area (Å²) in [4.78, 5) is 4.28. The van der Waals surface area contributed by atoms with Crippen LogP contribution in [0.25, 0.3) is 0 Å². The van der Waals surface area contributed by atoms with Crippen molar-refractivity contribution in [1.29, 1.82) is 0 Å². The van der Waals surface area contributed by atoms with E-state index in [1.807, 2.05) is 0 Å². The summed E-state index contributed by atoms with van der Waals surface area (Å²) in [5, 5.41) is 14.6. The zero-order valence-corrected chi connectivity index (χ0v) is 15.4. The number of halogens is 5. The molecule has 9 heteroatoms. The van der Waals surface area contributed by atoms with Gasteiger partial charge >= 0.3 is 6.36 Å². The predicted molar refractivity (Wildman–Crippen MR) is 95.1 cm³/mol. The second-order valence-corrected chi connectivity index (χ2v) is 6.80. The Morgan fingerprint density at radius 3 is 2.33 bits per heavy atom. The smallest absolute Gasteiger partial charge is 0.406 e. The Morgan fingerprint density at radius 1 is 1.11 bits per heavy atom. The van der Waals surface area contributed by atoms with Crippen LogP contribution >= 0.6 is 15.9 Å². The summed E-state index contributed by atoms with van der Waals surface area (Å²) in [6, 6.07) is 8.89. The van der Waals surface area contributed by atoms with Crippen molar-refractivity contribution >= 4 is 22.1 Å². The van der Waals surface area contributed by atoms with E-state index in [4.69, 9.17) is 0 Å². The molecular weight excluding hydrogens is 432 g/mol. The lowest BCUT2D eigenvalue weighted by Gasteiger charge is -2.37. The summed E-state index contributed by atoms with van der Waals surface area (Å²) in [6.07, 6.45) is -3.27. The molecule has 27 heavy (non-hydrogen) atoms. The van der Waals surface area contributed by atoms with E-state index in [-0.39, 0.29) is 10.0 Å².